The third kappa shape index (κ3) is 3.60. The molecule has 0 aromatic carbocycles. The molecule has 0 aliphatic carbocycles. The molecule has 0 aromatic heterocycles. The zero-order valence-corrected chi connectivity index (χ0v) is 8.66. The topological polar surface area (TPSA) is 38.7 Å². The van der Waals surface area contributed by atoms with Crippen molar-refractivity contribution in [2.45, 2.75) is 20.8 Å². The van der Waals surface area contributed by atoms with Crippen LogP contribution in [-0.4, -0.2) is 31.6 Å². The molecule has 3 nitrogen and oxygen atoms in total. The normalized spacial score (nSPS) is 15.0. The highest BCUT2D eigenvalue weighted by Crippen LogP contribution is 2.10. The highest BCUT2D eigenvalue weighted by Gasteiger charge is 2.08. The molecule has 0 aromatic rings. The first-order valence-corrected chi connectivity index (χ1v) is 4.34. The molecule has 0 saturated carbocycles. The third-order valence-corrected chi connectivity index (χ3v) is 2.22. The largest absolute Gasteiger partial charge is 0.846 e. The standard InChI is InChI=1S/C9H20N2O/c1-7(2)8(3)6-11(5)9(12)10-4/h7-8H,6H2,1-5H3,(H,10,12)/p-1. The highest BCUT2D eigenvalue weighted by atomic mass is 16.3. The molecule has 0 bridgehead atoms. The molecule has 0 fully saturated rings. The van der Waals surface area contributed by atoms with E-state index >= 15 is 0 Å². The number of hydrogen-bond acceptors (Lipinski definition) is 2. The van der Waals surface area contributed by atoms with Crippen molar-refractivity contribution >= 4 is 6.02 Å². The minimum absolute atomic E-state index is 0.137. The lowest BCUT2D eigenvalue weighted by atomic mass is 9.98. The van der Waals surface area contributed by atoms with Gasteiger partial charge in [0, 0.05) is 26.7 Å². The Bertz CT molecular complexity index is 155. The van der Waals surface area contributed by atoms with Crippen LogP contribution in [0.1, 0.15) is 20.8 Å². The predicted octanol–water partition coefficient (Wildman–Crippen LogP) is 0.556. The predicted molar refractivity (Wildman–Crippen MR) is 50.0 cm³/mol. The van der Waals surface area contributed by atoms with Gasteiger partial charge in [-0.1, -0.05) is 20.8 Å². The van der Waals surface area contributed by atoms with Crippen LogP contribution in [0.3, 0.4) is 0 Å². The molecule has 3 heteroatoms. The molecule has 1 unspecified atom stereocenters. The van der Waals surface area contributed by atoms with Gasteiger partial charge in [-0.25, -0.2) is 0 Å². The van der Waals surface area contributed by atoms with Crippen LogP contribution in [0, 0.1) is 11.8 Å². The number of aliphatic imine (C=N–C) groups is 1. The molecule has 0 aliphatic heterocycles. The lowest BCUT2D eigenvalue weighted by Crippen LogP contribution is -2.40. The van der Waals surface area contributed by atoms with E-state index in [1.807, 2.05) is 0 Å². The average molecular weight is 171 g/mol. The molecular formula is C9H19N2O-. The lowest BCUT2D eigenvalue weighted by Gasteiger charge is -2.29. The van der Waals surface area contributed by atoms with Crippen LogP contribution >= 0.6 is 0 Å². The first-order chi connectivity index (χ1) is 5.49. The van der Waals surface area contributed by atoms with Gasteiger partial charge in [-0.15, -0.1) is 0 Å². The van der Waals surface area contributed by atoms with E-state index in [-0.39, 0.29) is 6.02 Å². The van der Waals surface area contributed by atoms with Gasteiger partial charge in [-0.05, 0) is 11.8 Å². The maximum atomic E-state index is 11.0. The summed E-state index contributed by atoms with van der Waals surface area (Å²) in [6.45, 7) is 7.25. The fraction of sp³-hybridized carbons (Fsp3) is 0.889. The highest BCUT2D eigenvalue weighted by molar-refractivity contribution is 5.68. The fourth-order valence-corrected chi connectivity index (χ4v) is 0.892. The Morgan fingerprint density at radius 3 is 2.25 bits per heavy atom. The van der Waals surface area contributed by atoms with Crippen molar-refractivity contribution in [3.05, 3.63) is 0 Å². The van der Waals surface area contributed by atoms with Gasteiger partial charge in [0.25, 0.3) is 0 Å². The summed E-state index contributed by atoms with van der Waals surface area (Å²) in [5.41, 5.74) is 0. The van der Waals surface area contributed by atoms with E-state index in [9.17, 15) is 5.11 Å². The van der Waals surface area contributed by atoms with Crippen molar-refractivity contribution in [3.8, 4) is 0 Å². The van der Waals surface area contributed by atoms with Gasteiger partial charge >= 0.3 is 0 Å². The monoisotopic (exact) mass is 171 g/mol. The van der Waals surface area contributed by atoms with Crippen molar-refractivity contribution in [2.75, 3.05) is 20.6 Å². The van der Waals surface area contributed by atoms with Crippen molar-refractivity contribution < 1.29 is 5.11 Å². The maximum absolute atomic E-state index is 11.0. The molecule has 0 aliphatic rings. The lowest BCUT2D eigenvalue weighted by molar-refractivity contribution is -0.234. The van der Waals surface area contributed by atoms with Gasteiger partial charge in [-0.3, -0.25) is 4.99 Å². The first-order valence-electron chi connectivity index (χ1n) is 4.34. The Morgan fingerprint density at radius 1 is 1.42 bits per heavy atom. The van der Waals surface area contributed by atoms with Crippen LogP contribution in [0.4, 0.5) is 0 Å². The Hall–Kier alpha value is -0.730. The quantitative estimate of drug-likeness (QED) is 0.459. The van der Waals surface area contributed by atoms with Crippen LogP contribution in [0.5, 0.6) is 0 Å². The summed E-state index contributed by atoms with van der Waals surface area (Å²) in [4.78, 5) is 5.25. The van der Waals surface area contributed by atoms with Crippen LogP contribution in [0.2, 0.25) is 0 Å². The molecule has 72 valence electrons. The van der Waals surface area contributed by atoms with Gasteiger partial charge in [0.2, 0.25) is 0 Å². The molecule has 0 N–H and O–H groups in total. The molecule has 0 saturated heterocycles. The molecule has 0 amide bonds. The van der Waals surface area contributed by atoms with Gasteiger partial charge in [0.1, 0.15) is 0 Å². The summed E-state index contributed by atoms with van der Waals surface area (Å²) < 4.78 is 0. The van der Waals surface area contributed by atoms with Crippen LogP contribution in [-0.2, 0) is 0 Å². The smallest absolute Gasteiger partial charge is 0.0492 e. The van der Waals surface area contributed by atoms with Gasteiger partial charge in [0.15, 0.2) is 0 Å². The zero-order chi connectivity index (χ0) is 9.72. The Labute approximate surface area is 75.1 Å². The van der Waals surface area contributed by atoms with E-state index in [0.29, 0.717) is 11.8 Å². The second-order valence-electron chi connectivity index (χ2n) is 3.61. The van der Waals surface area contributed by atoms with Gasteiger partial charge < -0.3 is 10.0 Å². The minimum atomic E-state index is -0.137. The van der Waals surface area contributed by atoms with Crippen molar-refractivity contribution in [3.63, 3.8) is 0 Å². The average Bonchev–Trinajstić information content (AvgIpc) is 2.02. The van der Waals surface area contributed by atoms with E-state index in [0.717, 1.165) is 6.54 Å². The molecule has 0 heterocycles. The number of nitrogens with zero attached hydrogens (tertiary/aromatic N) is 2. The summed E-state index contributed by atoms with van der Waals surface area (Å²) in [5, 5.41) is 11.0. The second-order valence-corrected chi connectivity index (χ2v) is 3.61. The number of amidine groups is 1. The van der Waals surface area contributed by atoms with E-state index in [1.54, 1.807) is 11.9 Å². The molecule has 0 radical (unpaired) electrons. The van der Waals surface area contributed by atoms with E-state index in [4.69, 9.17) is 0 Å². The number of hydrogen-bond donors (Lipinski definition) is 0. The third-order valence-electron chi connectivity index (χ3n) is 2.22. The van der Waals surface area contributed by atoms with E-state index in [1.165, 1.54) is 7.05 Å². The molecule has 1 atom stereocenters. The first kappa shape index (κ1) is 11.3. The van der Waals surface area contributed by atoms with Gasteiger partial charge in [-0.2, -0.15) is 0 Å². The summed E-state index contributed by atoms with van der Waals surface area (Å²) in [5.74, 6) is 1.14. The summed E-state index contributed by atoms with van der Waals surface area (Å²) in [6.07, 6.45) is 0. The summed E-state index contributed by atoms with van der Waals surface area (Å²) >= 11 is 0. The van der Waals surface area contributed by atoms with Gasteiger partial charge in [0.05, 0.1) is 0 Å². The fourth-order valence-electron chi connectivity index (χ4n) is 0.892. The Morgan fingerprint density at radius 2 is 1.92 bits per heavy atom. The SMILES string of the molecule is CN=C([O-])N(C)CC(C)C(C)C. The molecule has 0 spiro atoms. The van der Waals surface area contributed by atoms with Crippen molar-refractivity contribution in [1.82, 2.24) is 4.90 Å². The maximum Gasteiger partial charge on any atom is 0.0492 e. The molecule has 0 rings (SSSR count). The van der Waals surface area contributed by atoms with E-state index in [2.05, 4.69) is 25.8 Å². The molecular weight excluding hydrogens is 152 g/mol. The van der Waals surface area contributed by atoms with Crippen LogP contribution < -0.4 is 5.11 Å². The van der Waals surface area contributed by atoms with E-state index < -0.39 is 0 Å². The van der Waals surface area contributed by atoms with Crippen molar-refractivity contribution in [1.29, 1.82) is 0 Å². The summed E-state index contributed by atoms with van der Waals surface area (Å²) in [6, 6.07) is -0.137. The van der Waals surface area contributed by atoms with Crippen LogP contribution in [0.25, 0.3) is 0 Å². The summed E-state index contributed by atoms with van der Waals surface area (Å²) in [7, 11) is 3.31. The minimum Gasteiger partial charge on any atom is -0.846 e. The molecule has 12 heavy (non-hydrogen) atoms. The van der Waals surface area contributed by atoms with Crippen LogP contribution in [0.15, 0.2) is 4.99 Å². The number of rotatable bonds is 3. The second kappa shape index (κ2) is 5.01. The van der Waals surface area contributed by atoms with Crippen molar-refractivity contribution in [2.24, 2.45) is 16.8 Å². The zero-order valence-electron chi connectivity index (χ0n) is 8.66. The Kier molecular flexibility index (Phi) is 4.71. The Balaban J connectivity index is 3.92.